The molecular weight excluding hydrogens is 260 g/mol. The molecule has 114 valence electrons. The van der Waals surface area contributed by atoms with Crippen LogP contribution >= 0.6 is 0 Å². The minimum absolute atomic E-state index is 0.145. The highest BCUT2D eigenvalue weighted by atomic mass is 16.5. The summed E-state index contributed by atoms with van der Waals surface area (Å²) in [5, 5.41) is 9.30. The van der Waals surface area contributed by atoms with E-state index in [1.807, 2.05) is 4.90 Å². The molecule has 0 aromatic rings. The third kappa shape index (κ3) is 3.23. The van der Waals surface area contributed by atoms with Crippen molar-refractivity contribution in [3.8, 4) is 0 Å². The number of carbonyl (C=O) groups is 2. The molecule has 2 fully saturated rings. The van der Waals surface area contributed by atoms with E-state index in [0.717, 1.165) is 12.8 Å². The second-order valence-electron chi connectivity index (χ2n) is 6.16. The van der Waals surface area contributed by atoms with Gasteiger partial charge in [0.1, 0.15) is 6.04 Å². The second kappa shape index (κ2) is 5.99. The van der Waals surface area contributed by atoms with Gasteiger partial charge in [0, 0.05) is 32.7 Å². The quantitative estimate of drug-likeness (QED) is 0.828. The molecule has 0 radical (unpaired) electrons. The van der Waals surface area contributed by atoms with Gasteiger partial charge in [0.2, 0.25) is 0 Å². The predicted molar refractivity (Wildman–Crippen MR) is 73.5 cm³/mol. The Kier molecular flexibility index (Phi) is 4.52. The first-order valence-electron chi connectivity index (χ1n) is 7.26. The van der Waals surface area contributed by atoms with Gasteiger partial charge >= 0.3 is 12.0 Å². The van der Waals surface area contributed by atoms with Gasteiger partial charge in [0.05, 0.1) is 6.10 Å². The molecule has 2 unspecified atom stereocenters. The third-order valence-corrected chi connectivity index (χ3v) is 3.92. The van der Waals surface area contributed by atoms with Crippen molar-refractivity contribution in [3.05, 3.63) is 0 Å². The Morgan fingerprint density at radius 3 is 2.50 bits per heavy atom. The van der Waals surface area contributed by atoms with Crippen molar-refractivity contribution in [2.24, 2.45) is 5.92 Å². The van der Waals surface area contributed by atoms with Crippen LogP contribution in [0.1, 0.15) is 33.1 Å². The lowest BCUT2D eigenvalue weighted by molar-refractivity contribution is -0.141. The third-order valence-electron chi connectivity index (χ3n) is 3.92. The molecule has 1 heterocycles. The zero-order valence-corrected chi connectivity index (χ0v) is 12.4. The molecule has 1 N–H and O–H groups in total. The molecule has 1 aliphatic carbocycles. The van der Waals surface area contributed by atoms with Crippen molar-refractivity contribution in [3.63, 3.8) is 0 Å². The number of carboxylic acids is 1. The van der Waals surface area contributed by atoms with E-state index in [0.29, 0.717) is 31.5 Å². The maximum atomic E-state index is 12.7. The van der Waals surface area contributed by atoms with Gasteiger partial charge in [-0.05, 0) is 18.8 Å². The number of rotatable bonds is 5. The van der Waals surface area contributed by atoms with Gasteiger partial charge in [-0.1, -0.05) is 13.8 Å². The van der Waals surface area contributed by atoms with Gasteiger partial charge in [-0.25, -0.2) is 9.59 Å². The van der Waals surface area contributed by atoms with Gasteiger partial charge in [-0.2, -0.15) is 0 Å². The molecule has 1 saturated heterocycles. The molecule has 0 bridgehead atoms. The van der Waals surface area contributed by atoms with E-state index in [2.05, 4.69) is 13.8 Å². The number of urea groups is 1. The summed E-state index contributed by atoms with van der Waals surface area (Å²) >= 11 is 0. The number of hydrogen-bond donors (Lipinski definition) is 1. The lowest BCUT2D eigenvalue weighted by Gasteiger charge is -2.31. The predicted octanol–water partition coefficient (Wildman–Crippen LogP) is 1.40. The van der Waals surface area contributed by atoms with Crippen molar-refractivity contribution in [1.29, 1.82) is 0 Å². The summed E-state index contributed by atoms with van der Waals surface area (Å²) in [6, 6.07) is -0.616. The molecule has 0 aromatic heterocycles. The molecule has 20 heavy (non-hydrogen) atoms. The Balaban J connectivity index is 2.10. The number of carboxylic acid groups (broad SMARTS) is 1. The van der Waals surface area contributed by atoms with Gasteiger partial charge in [-0.15, -0.1) is 0 Å². The van der Waals surface area contributed by atoms with Gasteiger partial charge in [0.15, 0.2) is 0 Å². The Labute approximate surface area is 119 Å². The molecule has 2 rings (SSSR count). The SMILES string of the molecule is COC1CC(C(=O)O)N(C(=O)N(CC(C)C)C2CC2)C1. The number of ether oxygens (including phenoxy) is 1. The van der Waals surface area contributed by atoms with E-state index in [9.17, 15) is 14.7 Å². The lowest BCUT2D eigenvalue weighted by Crippen LogP contribution is -2.50. The normalized spacial score (nSPS) is 26.1. The highest BCUT2D eigenvalue weighted by Gasteiger charge is 2.44. The summed E-state index contributed by atoms with van der Waals surface area (Å²) < 4.78 is 5.23. The number of hydrogen-bond acceptors (Lipinski definition) is 3. The van der Waals surface area contributed by atoms with Crippen LogP contribution in [-0.2, 0) is 9.53 Å². The molecule has 1 aliphatic heterocycles. The van der Waals surface area contributed by atoms with Crippen molar-refractivity contribution in [2.75, 3.05) is 20.2 Å². The number of aliphatic carboxylic acids is 1. The summed E-state index contributed by atoms with van der Waals surface area (Å²) in [7, 11) is 1.56. The maximum Gasteiger partial charge on any atom is 0.326 e. The summed E-state index contributed by atoms with van der Waals surface area (Å²) in [5.74, 6) is -0.568. The molecule has 6 heteroatoms. The van der Waals surface area contributed by atoms with E-state index in [1.165, 1.54) is 4.90 Å². The molecule has 0 aromatic carbocycles. The summed E-state index contributed by atoms with van der Waals surface area (Å²) in [6.07, 6.45) is 2.24. The Hall–Kier alpha value is -1.30. The first-order valence-corrected chi connectivity index (χ1v) is 7.26. The van der Waals surface area contributed by atoms with Crippen molar-refractivity contribution in [1.82, 2.24) is 9.80 Å². The fourth-order valence-corrected chi connectivity index (χ4v) is 2.74. The Morgan fingerprint density at radius 1 is 1.40 bits per heavy atom. The van der Waals surface area contributed by atoms with Crippen LogP contribution in [-0.4, -0.2) is 65.3 Å². The molecule has 2 aliphatic rings. The van der Waals surface area contributed by atoms with Crippen LogP contribution in [0.15, 0.2) is 0 Å². The van der Waals surface area contributed by atoms with Crippen LogP contribution in [0.2, 0.25) is 0 Å². The van der Waals surface area contributed by atoms with Crippen LogP contribution in [0.25, 0.3) is 0 Å². The minimum Gasteiger partial charge on any atom is -0.480 e. The summed E-state index contributed by atoms with van der Waals surface area (Å²) in [6.45, 7) is 5.19. The van der Waals surface area contributed by atoms with Crippen molar-refractivity contribution < 1.29 is 19.4 Å². The van der Waals surface area contributed by atoms with Gasteiger partial charge < -0.3 is 19.6 Å². The van der Waals surface area contributed by atoms with E-state index < -0.39 is 12.0 Å². The smallest absolute Gasteiger partial charge is 0.326 e. The molecule has 2 amide bonds. The zero-order valence-electron chi connectivity index (χ0n) is 12.4. The van der Waals surface area contributed by atoms with Crippen molar-refractivity contribution >= 4 is 12.0 Å². The molecule has 0 spiro atoms. The number of likely N-dealkylation sites (tertiary alicyclic amines) is 1. The van der Waals surface area contributed by atoms with Crippen molar-refractivity contribution in [2.45, 2.75) is 51.3 Å². The van der Waals surface area contributed by atoms with Crippen LogP contribution in [0.3, 0.4) is 0 Å². The average Bonchev–Trinajstić information content (AvgIpc) is 3.12. The highest BCUT2D eigenvalue weighted by molar-refractivity contribution is 5.84. The second-order valence-corrected chi connectivity index (χ2v) is 6.16. The van der Waals surface area contributed by atoms with Gasteiger partial charge in [0.25, 0.3) is 0 Å². The van der Waals surface area contributed by atoms with E-state index in [-0.39, 0.29) is 12.1 Å². The van der Waals surface area contributed by atoms with Crippen LogP contribution in [0.5, 0.6) is 0 Å². The molecule has 1 saturated carbocycles. The van der Waals surface area contributed by atoms with Crippen LogP contribution in [0, 0.1) is 5.92 Å². The summed E-state index contributed by atoms with van der Waals surface area (Å²) in [5.41, 5.74) is 0. The largest absolute Gasteiger partial charge is 0.480 e. The topological polar surface area (TPSA) is 70.1 Å². The fraction of sp³-hybridized carbons (Fsp3) is 0.857. The summed E-state index contributed by atoms with van der Waals surface area (Å²) in [4.78, 5) is 27.3. The number of carbonyl (C=O) groups excluding carboxylic acids is 1. The fourth-order valence-electron chi connectivity index (χ4n) is 2.74. The average molecular weight is 284 g/mol. The molecular formula is C14H24N2O4. The molecule has 2 atom stereocenters. The number of methoxy groups -OCH3 is 1. The Bertz CT molecular complexity index is 381. The standard InChI is InChI=1S/C14H24N2O4/c1-9(2)7-15(10-4-5-10)14(19)16-8-11(20-3)6-12(16)13(17)18/h9-12H,4-8H2,1-3H3,(H,17,18). The maximum absolute atomic E-state index is 12.7. The Morgan fingerprint density at radius 2 is 2.05 bits per heavy atom. The van der Waals surface area contributed by atoms with E-state index in [4.69, 9.17) is 4.74 Å². The van der Waals surface area contributed by atoms with Crippen LogP contribution in [0.4, 0.5) is 4.79 Å². The van der Waals surface area contributed by atoms with Crippen LogP contribution < -0.4 is 0 Å². The van der Waals surface area contributed by atoms with E-state index in [1.54, 1.807) is 7.11 Å². The number of nitrogens with zero attached hydrogens (tertiary/aromatic N) is 2. The highest BCUT2D eigenvalue weighted by Crippen LogP contribution is 2.31. The number of amides is 2. The molecule has 6 nitrogen and oxygen atoms in total. The van der Waals surface area contributed by atoms with E-state index >= 15 is 0 Å². The first kappa shape index (κ1) is 15.1. The van der Waals surface area contributed by atoms with Gasteiger partial charge in [-0.3, -0.25) is 0 Å². The minimum atomic E-state index is -0.946. The zero-order chi connectivity index (χ0) is 14.9. The monoisotopic (exact) mass is 284 g/mol. The first-order chi connectivity index (χ1) is 9.43. The lowest BCUT2D eigenvalue weighted by atomic mass is 10.2.